The zero-order chi connectivity index (χ0) is 31.4. The molecule has 0 spiro atoms. The molecule has 0 saturated heterocycles. The van der Waals surface area contributed by atoms with Crippen LogP contribution >= 0.6 is 0 Å². The summed E-state index contributed by atoms with van der Waals surface area (Å²) in [5.41, 5.74) is 17.8. The van der Waals surface area contributed by atoms with E-state index in [1.54, 1.807) is 48.5 Å². The van der Waals surface area contributed by atoms with Gasteiger partial charge in [-0.05, 0) is 86.4 Å². The molecule has 1 aliphatic rings. The molecule has 10 nitrogen and oxygen atoms in total. The summed E-state index contributed by atoms with van der Waals surface area (Å²) < 4.78 is 30.8. The van der Waals surface area contributed by atoms with Gasteiger partial charge in [-0.15, -0.1) is 0 Å². The van der Waals surface area contributed by atoms with Crippen LogP contribution in [-0.2, 0) is 25.8 Å². The first-order valence-electron chi connectivity index (χ1n) is 15.0. The predicted molar refractivity (Wildman–Crippen MR) is 168 cm³/mol. The Morgan fingerprint density at radius 1 is 0.814 bits per heavy atom. The Balaban J connectivity index is 1.56. The highest BCUT2D eigenvalue weighted by atomic mass is 32.2. The van der Waals surface area contributed by atoms with E-state index < -0.39 is 21.8 Å². The van der Waals surface area contributed by atoms with Crippen molar-refractivity contribution in [1.82, 2.24) is 0 Å². The van der Waals surface area contributed by atoms with Crippen molar-refractivity contribution < 1.29 is 22.7 Å². The van der Waals surface area contributed by atoms with Crippen molar-refractivity contribution in [3.05, 3.63) is 54.1 Å². The lowest BCUT2D eigenvalue weighted by Crippen LogP contribution is -2.33. The summed E-state index contributed by atoms with van der Waals surface area (Å²) in [7, 11) is -3.29. The number of rotatable bonds is 21. The third-order valence-electron chi connectivity index (χ3n) is 7.65. The molecule has 8 N–H and O–H groups in total. The molecule has 0 amide bonds. The van der Waals surface area contributed by atoms with Crippen molar-refractivity contribution in [3.8, 4) is 11.5 Å². The molecule has 1 saturated carbocycles. The number of nitrogens with one attached hydrogen (secondary N) is 2. The van der Waals surface area contributed by atoms with E-state index in [-0.39, 0.29) is 47.8 Å². The Kier molecular flexibility index (Phi) is 12.9. The monoisotopic (exact) mass is 611 g/mol. The SMILES string of the molecule is N=C(N)CCCCC(N)C(=O)CC(CCCCC(=N)N)C(=O)Cc1ccc(Oc2ccc(S(=O)(=O)CC3CC3)cc2)cc1. The number of Topliss-reactive ketones (excluding diaryl/α,β-unsaturated/α-hetero) is 2. The highest BCUT2D eigenvalue weighted by Gasteiger charge is 2.29. The molecule has 43 heavy (non-hydrogen) atoms. The van der Waals surface area contributed by atoms with Gasteiger partial charge in [-0.1, -0.05) is 25.0 Å². The van der Waals surface area contributed by atoms with E-state index in [9.17, 15) is 18.0 Å². The van der Waals surface area contributed by atoms with Crippen LogP contribution < -0.4 is 21.9 Å². The first kappa shape index (κ1) is 33.9. The van der Waals surface area contributed by atoms with Gasteiger partial charge in [0.15, 0.2) is 9.84 Å². The maximum Gasteiger partial charge on any atom is 0.178 e. The number of nitrogens with two attached hydrogens (primary N) is 3. The zero-order valence-corrected chi connectivity index (χ0v) is 25.5. The fourth-order valence-corrected chi connectivity index (χ4v) is 6.58. The van der Waals surface area contributed by atoms with Crippen molar-refractivity contribution >= 4 is 33.1 Å². The molecular formula is C32H45N5O5S. The van der Waals surface area contributed by atoms with Crippen molar-refractivity contribution in [2.75, 3.05) is 5.75 Å². The molecule has 0 radical (unpaired) electrons. The summed E-state index contributed by atoms with van der Waals surface area (Å²) in [6.07, 6.45) is 6.81. The Labute approximate surface area is 254 Å². The van der Waals surface area contributed by atoms with Crippen LogP contribution in [0.25, 0.3) is 0 Å². The van der Waals surface area contributed by atoms with Gasteiger partial charge in [0.25, 0.3) is 0 Å². The summed E-state index contributed by atoms with van der Waals surface area (Å²) in [4.78, 5) is 26.5. The lowest BCUT2D eigenvalue weighted by molar-refractivity contribution is -0.128. The van der Waals surface area contributed by atoms with Crippen LogP contribution in [0.5, 0.6) is 11.5 Å². The van der Waals surface area contributed by atoms with Gasteiger partial charge in [-0.2, -0.15) is 0 Å². The smallest absolute Gasteiger partial charge is 0.178 e. The summed E-state index contributed by atoms with van der Waals surface area (Å²) in [6, 6.07) is 12.9. The average molecular weight is 612 g/mol. The van der Waals surface area contributed by atoms with E-state index in [1.807, 2.05) is 0 Å². The van der Waals surface area contributed by atoms with Crippen molar-refractivity contribution in [3.63, 3.8) is 0 Å². The minimum Gasteiger partial charge on any atom is -0.457 e. The number of ketones is 2. The molecule has 0 heterocycles. The molecule has 2 aromatic carbocycles. The van der Waals surface area contributed by atoms with Gasteiger partial charge in [-0.3, -0.25) is 20.4 Å². The number of unbranched alkanes of at least 4 members (excludes halogenated alkanes) is 2. The fraction of sp³-hybridized carbons (Fsp3) is 0.500. The zero-order valence-electron chi connectivity index (χ0n) is 24.7. The van der Waals surface area contributed by atoms with Crippen LogP contribution in [0.15, 0.2) is 53.4 Å². The van der Waals surface area contributed by atoms with Gasteiger partial charge in [0, 0.05) is 31.6 Å². The average Bonchev–Trinajstić information content (AvgIpc) is 3.77. The quantitative estimate of drug-likeness (QED) is 0.0760. The second kappa shape index (κ2) is 16.3. The maximum absolute atomic E-state index is 13.3. The molecule has 2 unspecified atom stereocenters. The van der Waals surface area contributed by atoms with E-state index in [0.717, 1.165) is 18.4 Å². The second-order valence-electron chi connectivity index (χ2n) is 11.6. The van der Waals surface area contributed by atoms with Crippen LogP contribution in [0.3, 0.4) is 0 Å². The molecule has 3 rings (SSSR count). The van der Waals surface area contributed by atoms with E-state index in [2.05, 4.69) is 0 Å². The first-order valence-corrected chi connectivity index (χ1v) is 16.6. The van der Waals surface area contributed by atoms with Gasteiger partial charge >= 0.3 is 0 Å². The lowest BCUT2D eigenvalue weighted by atomic mass is 9.86. The molecule has 1 fully saturated rings. The van der Waals surface area contributed by atoms with Crippen LogP contribution in [0.1, 0.15) is 76.2 Å². The van der Waals surface area contributed by atoms with Gasteiger partial charge in [0.05, 0.1) is 28.4 Å². The molecule has 234 valence electrons. The molecule has 1 aliphatic carbocycles. The second-order valence-corrected chi connectivity index (χ2v) is 13.6. The van der Waals surface area contributed by atoms with Crippen LogP contribution in [0.2, 0.25) is 0 Å². The van der Waals surface area contributed by atoms with Gasteiger partial charge in [0.2, 0.25) is 0 Å². The Bertz CT molecular complexity index is 1360. The minimum atomic E-state index is -3.29. The fourth-order valence-electron chi connectivity index (χ4n) is 4.88. The van der Waals surface area contributed by atoms with Crippen molar-refractivity contribution in [2.45, 2.75) is 88.0 Å². The summed E-state index contributed by atoms with van der Waals surface area (Å²) in [5, 5.41) is 14.7. The van der Waals surface area contributed by atoms with Crippen molar-refractivity contribution in [1.29, 1.82) is 10.8 Å². The molecule has 0 aromatic heterocycles. The third kappa shape index (κ3) is 12.3. The van der Waals surface area contributed by atoms with Crippen LogP contribution in [0, 0.1) is 22.7 Å². The first-order chi connectivity index (χ1) is 20.4. The van der Waals surface area contributed by atoms with Gasteiger partial charge in [-0.25, -0.2) is 8.42 Å². The molecular weight excluding hydrogens is 566 g/mol. The largest absolute Gasteiger partial charge is 0.457 e. The Morgan fingerprint density at radius 3 is 1.88 bits per heavy atom. The number of hydrogen-bond acceptors (Lipinski definition) is 8. The van der Waals surface area contributed by atoms with E-state index in [4.69, 9.17) is 32.8 Å². The molecule has 11 heteroatoms. The Hall–Kier alpha value is -3.57. The molecule has 2 atom stereocenters. The highest BCUT2D eigenvalue weighted by molar-refractivity contribution is 7.91. The third-order valence-corrected chi connectivity index (χ3v) is 9.55. The topological polar surface area (TPSA) is 203 Å². The maximum atomic E-state index is 13.3. The van der Waals surface area contributed by atoms with E-state index in [0.29, 0.717) is 67.8 Å². The molecule has 0 aliphatic heterocycles. The number of carbonyl (C=O) groups is 2. The predicted octanol–water partition coefficient (Wildman–Crippen LogP) is 4.67. The Morgan fingerprint density at radius 2 is 1.35 bits per heavy atom. The van der Waals surface area contributed by atoms with Crippen LogP contribution in [-0.4, -0.2) is 43.5 Å². The summed E-state index contributed by atoms with van der Waals surface area (Å²) >= 11 is 0. The number of hydrogen-bond donors (Lipinski definition) is 5. The van der Waals surface area contributed by atoms with E-state index in [1.165, 1.54) is 0 Å². The standard InChI is InChI=1S/C32H45N5O5S/c33-28(6-2-4-8-32(36)37)30(39)20-24(5-1-3-7-31(34)35)29(38)19-22-11-13-25(14-12-22)42-26-15-17-27(18-16-26)43(40,41)21-23-9-10-23/h11-18,23-24,28H,1-10,19-21,33H2,(H3,34,35)(H3,36,37). The minimum absolute atomic E-state index is 0.0448. The summed E-state index contributed by atoms with van der Waals surface area (Å²) in [6.45, 7) is 0. The molecule has 2 aromatic rings. The number of sulfone groups is 1. The number of benzene rings is 2. The molecule has 0 bridgehead atoms. The van der Waals surface area contributed by atoms with Gasteiger partial charge < -0.3 is 21.9 Å². The lowest BCUT2D eigenvalue weighted by Gasteiger charge is -2.18. The van der Waals surface area contributed by atoms with Crippen LogP contribution in [0.4, 0.5) is 0 Å². The van der Waals surface area contributed by atoms with Crippen molar-refractivity contribution in [2.24, 2.45) is 29.0 Å². The number of carbonyl (C=O) groups excluding carboxylic acids is 2. The number of ether oxygens (including phenoxy) is 1. The summed E-state index contributed by atoms with van der Waals surface area (Å²) in [5.74, 6) is 1.07. The van der Waals surface area contributed by atoms with E-state index >= 15 is 0 Å². The normalized spacial score (nSPS) is 14.5. The number of amidine groups is 2. The van der Waals surface area contributed by atoms with Gasteiger partial charge in [0.1, 0.15) is 23.1 Å². The highest BCUT2D eigenvalue weighted by Crippen LogP contribution is 2.33.